The summed E-state index contributed by atoms with van der Waals surface area (Å²) in [5, 5.41) is 8.71. The molecule has 0 bridgehead atoms. The van der Waals surface area contributed by atoms with Crippen molar-refractivity contribution in [3.05, 3.63) is 82.8 Å². The van der Waals surface area contributed by atoms with Crippen LogP contribution in [0.3, 0.4) is 0 Å². The van der Waals surface area contributed by atoms with Crippen LogP contribution in [0.25, 0.3) is 33.4 Å². The summed E-state index contributed by atoms with van der Waals surface area (Å²) in [7, 11) is 3.35. The van der Waals surface area contributed by atoms with Gasteiger partial charge in [0.15, 0.2) is 12.2 Å². The molecule has 1 amide bonds. The van der Waals surface area contributed by atoms with Gasteiger partial charge < -0.3 is 19.2 Å². The lowest BCUT2D eigenvalue weighted by Gasteiger charge is -2.24. The lowest BCUT2D eigenvalue weighted by Crippen LogP contribution is -2.34. The molecule has 218 valence electrons. The number of nitrogens with one attached hydrogen (secondary N) is 1. The number of aromatic nitrogens is 4. The van der Waals surface area contributed by atoms with Crippen LogP contribution in [0.5, 0.6) is 5.75 Å². The zero-order valence-electron chi connectivity index (χ0n) is 24.1. The summed E-state index contributed by atoms with van der Waals surface area (Å²) in [5.74, 6) is 0.525. The van der Waals surface area contributed by atoms with Crippen molar-refractivity contribution in [2.45, 2.75) is 38.8 Å². The summed E-state index contributed by atoms with van der Waals surface area (Å²) in [6.45, 7) is 6.06. The summed E-state index contributed by atoms with van der Waals surface area (Å²) >= 11 is 6.35. The van der Waals surface area contributed by atoms with Gasteiger partial charge in [0.05, 0.1) is 30.6 Å². The molecule has 10 nitrogen and oxygen atoms in total. The number of hydrogen-bond acceptors (Lipinski definition) is 7. The van der Waals surface area contributed by atoms with E-state index in [2.05, 4.69) is 15.4 Å². The van der Waals surface area contributed by atoms with E-state index in [1.165, 1.54) is 24.1 Å². The Balaban J connectivity index is 1.54. The van der Waals surface area contributed by atoms with E-state index in [-0.39, 0.29) is 18.9 Å². The van der Waals surface area contributed by atoms with Crippen LogP contribution >= 0.6 is 11.6 Å². The van der Waals surface area contributed by atoms with E-state index in [1.807, 2.05) is 46.1 Å². The molecule has 1 unspecified atom stereocenters. The van der Waals surface area contributed by atoms with Crippen LogP contribution in [0.1, 0.15) is 33.2 Å². The second-order valence-electron chi connectivity index (χ2n) is 10.9. The number of nitrogens with zero attached hydrogens (tertiary/aromatic N) is 4. The Hall–Kier alpha value is -4.41. The lowest BCUT2D eigenvalue weighted by atomic mass is 9.98. The molecule has 11 heteroatoms. The van der Waals surface area contributed by atoms with E-state index < -0.39 is 17.2 Å². The monoisotopic (exact) mass is 589 g/mol. The van der Waals surface area contributed by atoms with Crippen LogP contribution in [-0.2, 0) is 16.6 Å². The summed E-state index contributed by atoms with van der Waals surface area (Å²) in [6, 6.07) is 11.3. The molecular weight excluding hydrogens is 558 g/mol. The molecule has 5 rings (SSSR count). The van der Waals surface area contributed by atoms with E-state index in [1.54, 1.807) is 41.3 Å². The van der Waals surface area contributed by atoms with Gasteiger partial charge in [0, 0.05) is 59.6 Å². The normalized spacial score (nSPS) is 12.4. The number of fused-ring (bicyclic) bond motifs is 1. The van der Waals surface area contributed by atoms with E-state index in [0.717, 1.165) is 10.9 Å². The van der Waals surface area contributed by atoms with Gasteiger partial charge in [-0.3, -0.25) is 18.8 Å². The molecule has 0 radical (unpaired) electrons. The quantitative estimate of drug-likeness (QED) is 0.221. The number of carbonyl (C=O) groups excluding carboxylic acids is 1. The van der Waals surface area contributed by atoms with Crippen molar-refractivity contribution < 1.29 is 18.7 Å². The predicted molar refractivity (Wildman–Crippen MR) is 162 cm³/mol. The molecular formula is C31H32ClN5O5. The minimum atomic E-state index is -0.888. The Morgan fingerprint density at radius 2 is 1.90 bits per heavy atom. The van der Waals surface area contributed by atoms with Crippen LogP contribution < -0.4 is 15.6 Å². The molecule has 0 fully saturated rings. The van der Waals surface area contributed by atoms with Gasteiger partial charge in [0.25, 0.3) is 5.56 Å². The fourth-order valence-corrected chi connectivity index (χ4v) is 4.95. The highest BCUT2D eigenvalue weighted by atomic mass is 35.5. The summed E-state index contributed by atoms with van der Waals surface area (Å²) in [6.07, 6.45) is 6.59. The first-order valence-electron chi connectivity index (χ1n) is 13.4. The maximum Gasteiger partial charge on any atom is 0.252 e. The molecule has 42 heavy (non-hydrogen) atoms. The first-order chi connectivity index (χ1) is 20.0. The highest BCUT2D eigenvalue weighted by Gasteiger charge is 2.26. The number of carbonyl (C=O) groups is 1. The third-order valence-electron chi connectivity index (χ3n) is 6.68. The number of hydrogen-bond donors (Lipinski definition) is 1. The van der Waals surface area contributed by atoms with Crippen LogP contribution in [0, 0.1) is 0 Å². The topological polar surface area (TPSA) is 113 Å². The molecule has 3 heterocycles. The number of halogens is 1. The average Bonchev–Trinajstić information content (AvgIpc) is 3.59. The van der Waals surface area contributed by atoms with Gasteiger partial charge in [0.2, 0.25) is 5.91 Å². The maximum absolute atomic E-state index is 13.7. The van der Waals surface area contributed by atoms with Gasteiger partial charge in [0.1, 0.15) is 11.8 Å². The Morgan fingerprint density at radius 1 is 1.10 bits per heavy atom. The Kier molecular flexibility index (Phi) is 8.20. The molecule has 0 spiro atoms. The summed E-state index contributed by atoms with van der Waals surface area (Å²) < 4.78 is 20.3. The first-order valence-corrected chi connectivity index (χ1v) is 13.8. The second kappa shape index (κ2) is 11.8. The number of benzene rings is 2. The molecule has 5 aromatic rings. The standard InChI is InChI=1S/C31H32ClN5O5/c1-31(2,3)42-11-10-26(30(39)34-21-7-9-25-19(12-21)16-36(4)35-25)37-17-28(40-5)24(14-29(37)38)23-13-20(32)6-8-22(23)27-15-33-18-41-27/h6-9,12-18,26H,10-11H2,1-5H3,(H,34,39). The first kappa shape index (κ1) is 29.1. The predicted octanol–water partition coefficient (Wildman–Crippen LogP) is 6.10. The highest BCUT2D eigenvalue weighted by molar-refractivity contribution is 6.31. The molecule has 2 aromatic carbocycles. The molecule has 0 aliphatic heterocycles. The van der Waals surface area contributed by atoms with Crippen molar-refractivity contribution >= 4 is 34.1 Å². The van der Waals surface area contributed by atoms with Crippen molar-refractivity contribution in [1.82, 2.24) is 19.3 Å². The Bertz CT molecular complexity index is 1790. The van der Waals surface area contributed by atoms with Crippen molar-refractivity contribution in [3.8, 4) is 28.2 Å². The van der Waals surface area contributed by atoms with Crippen molar-refractivity contribution in [2.24, 2.45) is 7.05 Å². The number of pyridine rings is 1. The van der Waals surface area contributed by atoms with Gasteiger partial charge in [-0.25, -0.2) is 4.98 Å². The average molecular weight is 590 g/mol. The maximum atomic E-state index is 13.7. The van der Waals surface area contributed by atoms with Crippen LogP contribution in [0.4, 0.5) is 5.69 Å². The Labute approximate surface area is 247 Å². The number of rotatable bonds is 9. The van der Waals surface area contributed by atoms with Crippen LogP contribution in [-0.4, -0.2) is 44.6 Å². The molecule has 1 N–H and O–H groups in total. The number of methoxy groups -OCH3 is 1. The number of oxazole rings is 1. The molecule has 0 aliphatic rings. The summed E-state index contributed by atoms with van der Waals surface area (Å²) in [4.78, 5) is 31.5. The molecule has 0 saturated heterocycles. The van der Waals surface area contributed by atoms with E-state index in [9.17, 15) is 9.59 Å². The smallest absolute Gasteiger partial charge is 0.252 e. The number of aryl methyl sites for hydroxylation is 1. The highest BCUT2D eigenvalue weighted by Crippen LogP contribution is 2.38. The van der Waals surface area contributed by atoms with E-state index in [0.29, 0.717) is 38.9 Å². The molecule has 0 aliphatic carbocycles. The van der Waals surface area contributed by atoms with Crippen LogP contribution in [0.15, 0.2) is 76.7 Å². The Morgan fingerprint density at radius 3 is 2.62 bits per heavy atom. The zero-order chi connectivity index (χ0) is 30.0. The molecule has 0 saturated carbocycles. The fraction of sp³-hybridized carbons (Fsp3) is 0.290. The van der Waals surface area contributed by atoms with Crippen LogP contribution in [0.2, 0.25) is 5.02 Å². The van der Waals surface area contributed by atoms with Gasteiger partial charge in [-0.05, 0) is 62.7 Å². The largest absolute Gasteiger partial charge is 0.495 e. The van der Waals surface area contributed by atoms with Crippen molar-refractivity contribution in [3.63, 3.8) is 0 Å². The number of amides is 1. The third kappa shape index (κ3) is 6.40. The lowest BCUT2D eigenvalue weighted by molar-refractivity contribution is -0.120. The van der Waals surface area contributed by atoms with Crippen molar-refractivity contribution in [2.75, 3.05) is 19.0 Å². The third-order valence-corrected chi connectivity index (χ3v) is 6.92. The minimum Gasteiger partial charge on any atom is -0.495 e. The van der Waals surface area contributed by atoms with Gasteiger partial charge in [-0.15, -0.1) is 0 Å². The van der Waals surface area contributed by atoms with E-state index in [4.69, 9.17) is 25.5 Å². The minimum absolute atomic E-state index is 0.251. The second-order valence-corrected chi connectivity index (χ2v) is 11.3. The molecule has 1 atom stereocenters. The van der Waals surface area contributed by atoms with E-state index >= 15 is 0 Å². The van der Waals surface area contributed by atoms with Crippen molar-refractivity contribution in [1.29, 1.82) is 0 Å². The summed E-state index contributed by atoms with van der Waals surface area (Å²) in [5.41, 5.74) is 2.41. The molecule has 3 aromatic heterocycles. The number of anilines is 1. The fourth-order valence-electron chi connectivity index (χ4n) is 4.77. The van der Waals surface area contributed by atoms with Gasteiger partial charge in [-0.1, -0.05) is 11.6 Å². The van der Waals surface area contributed by atoms with Gasteiger partial charge >= 0.3 is 0 Å². The zero-order valence-corrected chi connectivity index (χ0v) is 24.8. The SMILES string of the molecule is COc1cn(C(CCOC(C)(C)C)C(=O)Nc2ccc3nn(C)cc3c2)c(=O)cc1-c1cc(Cl)ccc1-c1cnco1. The van der Waals surface area contributed by atoms with Gasteiger partial charge in [-0.2, -0.15) is 5.10 Å². The number of ether oxygens (including phenoxy) is 2.